The van der Waals surface area contributed by atoms with Crippen molar-refractivity contribution >= 4 is 39.6 Å². The number of aryl methyl sites for hydroxylation is 2. The summed E-state index contributed by atoms with van der Waals surface area (Å²) in [6.45, 7) is 2.62. The molecule has 2 aromatic heterocycles. The standard InChI is InChI=1S/C21H20N4OS/c1-12-5-7-17-16(9-12)14-3-2-4-15(20(14)23-17)21(26)22-11-13-6-8-18-19(10-13)25-27-24-18/h5-10,15,23H,2-4,11H2,1H3,(H,22,26)/t15-/m0/s1. The molecule has 0 radical (unpaired) electrons. The van der Waals surface area contributed by atoms with E-state index in [1.54, 1.807) is 0 Å². The zero-order chi connectivity index (χ0) is 18.4. The van der Waals surface area contributed by atoms with Crippen molar-refractivity contribution < 1.29 is 4.79 Å². The summed E-state index contributed by atoms with van der Waals surface area (Å²) >= 11 is 1.21. The number of fused-ring (bicyclic) bond motifs is 4. The normalized spacial score (nSPS) is 16.6. The molecule has 6 heteroatoms. The van der Waals surface area contributed by atoms with Gasteiger partial charge in [-0.2, -0.15) is 8.75 Å². The first-order valence-corrected chi connectivity index (χ1v) is 10.0. The Balaban J connectivity index is 1.38. The van der Waals surface area contributed by atoms with Crippen molar-refractivity contribution in [1.29, 1.82) is 0 Å². The van der Waals surface area contributed by atoms with Crippen molar-refractivity contribution in [3.8, 4) is 0 Å². The number of H-pyrrole nitrogens is 1. The summed E-state index contributed by atoms with van der Waals surface area (Å²) in [6.07, 6.45) is 2.97. The number of benzene rings is 2. The fourth-order valence-corrected chi connectivity index (χ4v) is 4.61. The molecule has 0 saturated carbocycles. The van der Waals surface area contributed by atoms with E-state index < -0.39 is 0 Å². The maximum absolute atomic E-state index is 12.9. The third kappa shape index (κ3) is 2.90. The zero-order valence-corrected chi connectivity index (χ0v) is 15.9. The van der Waals surface area contributed by atoms with Gasteiger partial charge in [-0.05, 0) is 61.6 Å². The molecular weight excluding hydrogens is 356 g/mol. The third-order valence-electron chi connectivity index (χ3n) is 5.46. The van der Waals surface area contributed by atoms with E-state index in [-0.39, 0.29) is 11.8 Å². The summed E-state index contributed by atoms with van der Waals surface area (Å²) in [4.78, 5) is 16.4. The van der Waals surface area contributed by atoms with E-state index in [4.69, 9.17) is 0 Å². The summed E-state index contributed by atoms with van der Waals surface area (Å²) in [5.74, 6) is -0.0122. The first-order valence-electron chi connectivity index (χ1n) is 9.29. The van der Waals surface area contributed by atoms with Gasteiger partial charge < -0.3 is 10.3 Å². The van der Waals surface area contributed by atoms with Crippen LogP contribution in [-0.4, -0.2) is 19.6 Å². The van der Waals surface area contributed by atoms with E-state index in [2.05, 4.69) is 44.2 Å². The SMILES string of the molecule is Cc1ccc2[nH]c3c(c2c1)CCC[C@@H]3C(=O)NCc1ccc2nsnc2c1. The highest BCUT2D eigenvalue weighted by Crippen LogP contribution is 2.36. The minimum absolute atomic E-state index is 0.0933. The number of aromatic nitrogens is 3. The molecule has 0 bridgehead atoms. The van der Waals surface area contributed by atoms with E-state index in [9.17, 15) is 4.79 Å². The van der Waals surface area contributed by atoms with Gasteiger partial charge in [0.15, 0.2) is 0 Å². The lowest BCUT2D eigenvalue weighted by atomic mass is 9.86. The first-order chi connectivity index (χ1) is 13.2. The molecule has 1 amide bonds. The minimum atomic E-state index is -0.105. The van der Waals surface area contributed by atoms with Crippen LogP contribution in [0.25, 0.3) is 21.9 Å². The number of nitrogens with zero attached hydrogens (tertiary/aromatic N) is 2. The Morgan fingerprint density at radius 1 is 1.22 bits per heavy atom. The Labute approximate surface area is 161 Å². The monoisotopic (exact) mass is 376 g/mol. The minimum Gasteiger partial charge on any atom is -0.357 e. The molecule has 136 valence electrons. The van der Waals surface area contributed by atoms with Crippen molar-refractivity contribution in [2.24, 2.45) is 0 Å². The van der Waals surface area contributed by atoms with E-state index >= 15 is 0 Å². The molecule has 0 saturated heterocycles. The average Bonchev–Trinajstić information content (AvgIpc) is 3.29. The van der Waals surface area contributed by atoms with Gasteiger partial charge in [0.05, 0.1) is 17.6 Å². The van der Waals surface area contributed by atoms with Crippen LogP contribution in [0.1, 0.15) is 41.1 Å². The van der Waals surface area contributed by atoms with Crippen LogP contribution in [0.15, 0.2) is 36.4 Å². The fourth-order valence-electron chi connectivity index (χ4n) is 4.09. The number of amides is 1. The lowest BCUT2D eigenvalue weighted by Gasteiger charge is -2.22. The van der Waals surface area contributed by atoms with Crippen molar-refractivity contribution in [2.45, 2.75) is 38.6 Å². The highest BCUT2D eigenvalue weighted by molar-refractivity contribution is 7.00. The Hall–Kier alpha value is -2.73. The Kier molecular flexibility index (Phi) is 3.93. The van der Waals surface area contributed by atoms with Crippen LogP contribution in [0, 0.1) is 6.92 Å². The van der Waals surface area contributed by atoms with Crippen LogP contribution in [0.2, 0.25) is 0 Å². The molecule has 2 aromatic carbocycles. The van der Waals surface area contributed by atoms with Gasteiger partial charge in [0, 0.05) is 23.1 Å². The van der Waals surface area contributed by atoms with Gasteiger partial charge in [-0.1, -0.05) is 17.7 Å². The second-order valence-electron chi connectivity index (χ2n) is 7.32. The summed E-state index contributed by atoms with van der Waals surface area (Å²) in [5, 5.41) is 4.39. The number of hydrogen-bond acceptors (Lipinski definition) is 4. The smallest absolute Gasteiger partial charge is 0.229 e. The molecule has 1 atom stereocenters. The van der Waals surface area contributed by atoms with E-state index in [0.29, 0.717) is 6.54 Å². The molecule has 0 aliphatic heterocycles. The lowest BCUT2D eigenvalue weighted by molar-refractivity contribution is -0.123. The van der Waals surface area contributed by atoms with Crippen molar-refractivity contribution in [3.63, 3.8) is 0 Å². The second-order valence-corrected chi connectivity index (χ2v) is 7.84. The maximum Gasteiger partial charge on any atom is 0.229 e. The van der Waals surface area contributed by atoms with Gasteiger partial charge in [-0.15, -0.1) is 0 Å². The molecular formula is C21H20N4OS. The summed E-state index contributed by atoms with van der Waals surface area (Å²) in [5.41, 5.74) is 7.63. The number of carbonyl (C=O) groups is 1. The Morgan fingerprint density at radius 3 is 3.04 bits per heavy atom. The zero-order valence-electron chi connectivity index (χ0n) is 15.1. The van der Waals surface area contributed by atoms with Gasteiger partial charge in [0.25, 0.3) is 0 Å². The van der Waals surface area contributed by atoms with Gasteiger partial charge in [-0.25, -0.2) is 0 Å². The highest BCUT2D eigenvalue weighted by Gasteiger charge is 2.29. The third-order valence-corrected chi connectivity index (χ3v) is 6.02. The van der Waals surface area contributed by atoms with Gasteiger partial charge in [0.2, 0.25) is 5.91 Å². The molecule has 2 N–H and O–H groups in total. The highest BCUT2D eigenvalue weighted by atomic mass is 32.1. The average molecular weight is 376 g/mol. The quantitative estimate of drug-likeness (QED) is 0.562. The van der Waals surface area contributed by atoms with Crippen LogP contribution in [0.4, 0.5) is 0 Å². The Bertz CT molecular complexity index is 1160. The summed E-state index contributed by atoms with van der Waals surface area (Å²) in [7, 11) is 0. The van der Waals surface area contributed by atoms with E-state index in [1.165, 1.54) is 28.2 Å². The van der Waals surface area contributed by atoms with Crippen LogP contribution >= 0.6 is 11.7 Å². The van der Waals surface area contributed by atoms with Gasteiger partial charge >= 0.3 is 0 Å². The van der Waals surface area contributed by atoms with E-state index in [1.807, 2.05) is 18.2 Å². The van der Waals surface area contributed by atoms with E-state index in [0.717, 1.165) is 47.1 Å². The largest absolute Gasteiger partial charge is 0.357 e. The molecule has 1 aliphatic carbocycles. The van der Waals surface area contributed by atoms with Crippen LogP contribution in [-0.2, 0) is 17.8 Å². The summed E-state index contributed by atoms with van der Waals surface area (Å²) in [6, 6.07) is 12.4. The van der Waals surface area contributed by atoms with Gasteiger partial charge in [0.1, 0.15) is 11.0 Å². The number of rotatable bonds is 3. The fraction of sp³-hybridized carbons (Fsp3) is 0.286. The number of carbonyl (C=O) groups excluding carboxylic acids is 1. The predicted molar refractivity (Wildman–Crippen MR) is 108 cm³/mol. The molecule has 4 aromatic rings. The number of hydrogen-bond donors (Lipinski definition) is 2. The van der Waals surface area contributed by atoms with Crippen molar-refractivity contribution in [3.05, 3.63) is 58.8 Å². The predicted octanol–water partition coefficient (Wildman–Crippen LogP) is 4.22. The molecule has 0 fully saturated rings. The molecule has 2 heterocycles. The molecule has 5 rings (SSSR count). The second kappa shape index (κ2) is 6.46. The van der Waals surface area contributed by atoms with Crippen molar-refractivity contribution in [2.75, 3.05) is 0 Å². The van der Waals surface area contributed by atoms with Crippen molar-refractivity contribution in [1.82, 2.24) is 19.0 Å². The maximum atomic E-state index is 12.9. The lowest BCUT2D eigenvalue weighted by Crippen LogP contribution is -2.31. The first kappa shape index (κ1) is 16.4. The molecule has 1 aliphatic rings. The molecule has 0 spiro atoms. The summed E-state index contributed by atoms with van der Waals surface area (Å²) < 4.78 is 8.49. The topological polar surface area (TPSA) is 70.7 Å². The number of aromatic amines is 1. The van der Waals surface area contributed by atoms with Crippen LogP contribution in [0.3, 0.4) is 0 Å². The van der Waals surface area contributed by atoms with Crippen LogP contribution in [0.5, 0.6) is 0 Å². The number of nitrogens with one attached hydrogen (secondary N) is 2. The molecule has 5 nitrogen and oxygen atoms in total. The Morgan fingerprint density at radius 2 is 2.11 bits per heavy atom. The molecule has 0 unspecified atom stereocenters. The van der Waals surface area contributed by atoms with Gasteiger partial charge in [-0.3, -0.25) is 4.79 Å². The molecule has 27 heavy (non-hydrogen) atoms. The van der Waals surface area contributed by atoms with Crippen LogP contribution < -0.4 is 5.32 Å².